The highest BCUT2D eigenvalue weighted by Crippen LogP contribution is 2.17. The number of fused-ring (bicyclic) bond motifs is 1. The first-order valence-electron chi connectivity index (χ1n) is 6.99. The molecule has 23 heavy (non-hydrogen) atoms. The van der Waals surface area contributed by atoms with Crippen molar-refractivity contribution in [3.05, 3.63) is 87.7 Å². The summed E-state index contributed by atoms with van der Waals surface area (Å²) in [6.45, 7) is 0. The van der Waals surface area contributed by atoms with Crippen LogP contribution in [0.15, 0.2) is 76.6 Å². The molecule has 0 aliphatic heterocycles. The Bertz CT molecular complexity index is 841. The number of hydrogen-bond acceptors (Lipinski definition) is 1. The van der Waals surface area contributed by atoms with Crippen LogP contribution in [0.4, 0.5) is 0 Å². The summed E-state index contributed by atoms with van der Waals surface area (Å²) >= 11 is 3.40. The number of rotatable bonds is 4. The highest BCUT2D eigenvalue weighted by atomic mass is 79.9. The summed E-state index contributed by atoms with van der Waals surface area (Å²) in [5.74, 6) is 0.539. The smallest absolute Gasteiger partial charge is 0.0526 e. The van der Waals surface area contributed by atoms with Crippen LogP contribution in [-0.4, -0.2) is 4.21 Å². The lowest BCUT2D eigenvalue weighted by Crippen LogP contribution is -1.91. The van der Waals surface area contributed by atoms with Crippen LogP contribution in [-0.2, 0) is 16.6 Å². The van der Waals surface area contributed by atoms with E-state index in [-0.39, 0.29) is 13.5 Å². The first-order chi connectivity index (χ1) is 10.7. The van der Waals surface area contributed by atoms with Gasteiger partial charge in [-0.05, 0) is 46.2 Å². The van der Waals surface area contributed by atoms with Gasteiger partial charge in [-0.2, -0.15) is 13.5 Å². The van der Waals surface area contributed by atoms with Gasteiger partial charge in [-0.1, -0.05) is 64.5 Å². The fourth-order valence-corrected chi connectivity index (χ4v) is 3.45. The number of benzene rings is 3. The lowest BCUT2D eigenvalue weighted by Gasteiger charge is -2.00. The summed E-state index contributed by atoms with van der Waals surface area (Å²) in [7, 11) is -1.01. The van der Waals surface area contributed by atoms with Gasteiger partial charge in [0, 0.05) is 9.88 Å². The number of halogens is 1. The van der Waals surface area contributed by atoms with E-state index in [1.807, 2.05) is 42.5 Å². The maximum Gasteiger partial charge on any atom is 0.0526 e. The molecule has 3 aromatic rings. The lowest BCUT2D eigenvalue weighted by atomic mass is 10.1. The van der Waals surface area contributed by atoms with Crippen molar-refractivity contribution in [1.29, 1.82) is 0 Å². The molecule has 1 nitrogen and oxygen atoms in total. The van der Waals surface area contributed by atoms with Crippen molar-refractivity contribution in [2.75, 3.05) is 0 Å². The minimum absolute atomic E-state index is 0. The van der Waals surface area contributed by atoms with Crippen molar-refractivity contribution < 1.29 is 4.21 Å². The van der Waals surface area contributed by atoms with Gasteiger partial charge in [-0.3, -0.25) is 4.21 Å². The molecule has 0 fully saturated rings. The summed E-state index contributed by atoms with van der Waals surface area (Å²) in [5.41, 5.74) is 2.15. The van der Waals surface area contributed by atoms with Crippen LogP contribution in [0.25, 0.3) is 16.8 Å². The lowest BCUT2D eigenvalue weighted by molar-refractivity contribution is 0.688. The third-order valence-corrected chi connectivity index (χ3v) is 4.99. The van der Waals surface area contributed by atoms with Gasteiger partial charge >= 0.3 is 0 Å². The van der Waals surface area contributed by atoms with E-state index in [2.05, 4.69) is 46.3 Å². The molecule has 0 aromatic heterocycles. The van der Waals surface area contributed by atoms with Gasteiger partial charge in [0.25, 0.3) is 0 Å². The van der Waals surface area contributed by atoms with Gasteiger partial charge in [-0.25, -0.2) is 0 Å². The second-order valence-corrected chi connectivity index (χ2v) is 7.30. The van der Waals surface area contributed by atoms with Crippen LogP contribution in [0.5, 0.6) is 0 Å². The van der Waals surface area contributed by atoms with Gasteiger partial charge in [0.05, 0.1) is 16.6 Å². The predicted octanol–water partition coefficient (Wildman–Crippen LogP) is 5.63. The standard InChI is InChI=1S/C19H15BrOS.H2S/c20-19-9-6-16(7-10-19)14-22(21)12-11-15-5-8-17-3-1-2-4-18(17)13-15;/h1-13H,14H2;1H2/b12-11+;. The maximum absolute atomic E-state index is 12.1. The highest BCUT2D eigenvalue weighted by molar-refractivity contribution is 9.10. The average molecular weight is 405 g/mol. The molecule has 0 heterocycles. The molecule has 1 unspecified atom stereocenters. The van der Waals surface area contributed by atoms with Crippen molar-refractivity contribution >= 4 is 57.1 Å². The Morgan fingerprint density at radius 3 is 2.35 bits per heavy atom. The molecule has 0 aliphatic rings. The second-order valence-electron chi connectivity index (χ2n) is 5.06. The van der Waals surface area contributed by atoms with Crippen LogP contribution in [0, 0.1) is 0 Å². The van der Waals surface area contributed by atoms with Gasteiger partial charge in [0.1, 0.15) is 0 Å². The first kappa shape index (κ1) is 18.0. The maximum atomic E-state index is 12.1. The molecule has 118 valence electrons. The molecule has 0 radical (unpaired) electrons. The van der Waals surface area contributed by atoms with Crippen molar-refractivity contribution in [3.8, 4) is 0 Å². The van der Waals surface area contributed by atoms with Gasteiger partial charge in [0.15, 0.2) is 0 Å². The van der Waals surface area contributed by atoms with E-state index in [0.29, 0.717) is 5.75 Å². The molecule has 3 aromatic carbocycles. The molecule has 0 saturated carbocycles. The van der Waals surface area contributed by atoms with E-state index in [9.17, 15) is 4.21 Å². The molecule has 3 rings (SSSR count). The van der Waals surface area contributed by atoms with E-state index < -0.39 is 10.8 Å². The Kier molecular flexibility index (Phi) is 6.63. The van der Waals surface area contributed by atoms with Crippen LogP contribution >= 0.6 is 29.4 Å². The van der Waals surface area contributed by atoms with Gasteiger partial charge in [0.2, 0.25) is 0 Å². The van der Waals surface area contributed by atoms with E-state index >= 15 is 0 Å². The van der Waals surface area contributed by atoms with Crippen LogP contribution in [0.1, 0.15) is 11.1 Å². The molecule has 0 N–H and O–H groups in total. The average Bonchev–Trinajstić information content (AvgIpc) is 2.55. The summed E-state index contributed by atoms with van der Waals surface area (Å²) in [5, 5.41) is 4.19. The molecule has 0 spiro atoms. The Morgan fingerprint density at radius 2 is 1.61 bits per heavy atom. The van der Waals surface area contributed by atoms with Crippen LogP contribution < -0.4 is 0 Å². The van der Waals surface area contributed by atoms with Crippen molar-refractivity contribution in [1.82, 2.24) is 0 Å². The summed E-state index contributed by atoms with van der Waals surface area (Å²) in [6, 6.07) is 22.4. The fourth-order valence-electron chi connectivity index (χ4n) is 2.26. The summed E-state index contributed by atoms with van der Waals surface area (Å²) in [6.07, 6.45) is 1.93. The largest absolute Gasteiger partial charge is 0.255 e. The molecule has 0 bridgehead atoms. The Labute approximate surface area is 154 Å². The van der Waals surface area contributed by atoms with E-state index in [1.165, 1.54) is 10.8 Å². The third-order valence-electron chi connectivity index (χ3n) is 3.41. The molecular formula is C19H17BrOS2. The topological polar surface area (TPSA) is 17.1 Å². The van der Waals surface area contributed by atoms with Crippen LogP contribution in [0.2, 0.25) is 0 Å². The SMILES string of the molecule is O=S(/C=C/c1ccc2ccccc2c1)Cc1ccc(Br)cc1.S. The molecule has 0 aliphatic carbocycles. The Morgan fingerprint density at radius 1 is 0.913 bits per heavy atom. The minimum Gasteiger partial charge on any atom is -0.255 e. The number of hydrogen-bond donors (Lipinski definition) is 0. The third kappa shape index (κ3) is 5.06. The zero-order valence-electron chi connectivity index (χ0n) is 12.4. The molecular weight excluding hydrogens is 388 g/mol. The highest BCUT2D eigenvalue weighted by Gasteiger charge is 1.99. The minimum atomic E-state index is -1.01. The Hall–Kier alpha value is -1.36. The van der Waals surface area contributed by atoms with Crippen LogP contribution in [0.3, 0.4) is 0 Å². The summed E-state index contributed by atoms with van der Waals surface area (Å²) in [4.78, 5) is 0. The van der Waals surface area contributed by atoms with E-state index in [4.69, 9.17) is 0 Å². The molecule has 0 amide bonds. The fraction of sp³-hybridized carbons (Fsp3) is 0.0526. The summed E-state index contributed by atoms with van der Waals surface area (Å²) < 4.78 is 13.2. The molecule has 4 heteroatoms. The first-order valence-corrected chi connectivity index (χ1v) is 9.17. The van der Waals surface area contributed by atoms with Crippen molar-refractivity contribution in [2.24, 2.45) is 0 Å². The zero-order valence-corrected chi connectivity index (χ0v) is 15.8. The van der Waals surface area contributed by atoms with Crippen molar-refractivity contribution in [2.45, 2.75) is 5.75 Å². The van der Waals surface area contributed by atoms with E-state index in [1.54, 1.807) is 5.41 Å². The van der Waals surface area contributed by atoms with Gasteiger partial charge in [-0.15, -0.1) is 0 Å². The van der Waals surface area contributed by atoms with E-state index in [0.717, 1.165) is 15.6 Å². The quantitative estimate of drug-likeness (QED) is 0.550. The predicted molar refractivity (Wildman–Crippen MR) is 109 cm³/mol. The normalized spacial score (nSPS) is 12.2. The van der Waals surface area contributed by atoms with Gasteiger partial charge < -0.3 is 0 Å². The van der Waals surface area contributed by atoms with Crippen molar-refractivity contribution in [3.63, 3.8) is 0 Å². The zero-order chi connectivity index (χ0) is 15.4. The monoisotopic (exact) mass is 404 g/mol. The Balaban J connectivity index is 0.00000192. The molecule has 1 atom stereocenters. The second kappa shape index (κ2) is 8.48. The molecule has 0 saturated heterocycles.